The van der Waals surface area contributed by atoms with Gasteiger partial charge in [-0.3, -0.25) is 4.79 Å². The molecule has 0 aliphatic rings. The SMILES string of the molecule is C.C=C[Si](C=C)(C=C)CCCCl.C=C[Si](C=C)(C=C)CCCOC(C)=O.CC(=O)[O-].[Na+]. The Morgan fingerprint density at radius 2 is 1.13 bits per heavy atom. The van der Waals surface area contributed by atoms with E-state index in [2.05, 4.69) is 39.5 Å². The van der Waals surface area contributed by atoms with Gasteiger partial charge in [-0.05, 0) is 31.9 Å². The summed E-state index contributed by atoms with van der Waals surface area (Å²) < 4.78 is 4.85. The molecule has 0 rings (SSSR count). The molecular formula is C23H40ClNaO4Si2. The molecule has 0 saturated heterocycles. The van der Waals surface area contributed by atoms with E-state index < -0.39 is 22.1 Å². The first-order valence-electron chi connectivity index (χ1n) is 9.26. The van der Waals surface area contributed by atoms with Gasteiger partial charge in [-0.25, -0.2) is 0 Å². The van der Waals surface area contributed by atoms with Crippen molar-refractivity contribution < 1.29 is 49.0 Å². The first kappa shape index (κ1) is 40.5. The van der Waals surface area contributed by atoms with Crippen molar-refractivity contribution in [3.63, 3.8) is 0 Å². The fourth-order valence-corrected chi connectivity index (χ4v) is 6.21. The van der Waals surface area contributed by atoms with E-state index in [1.165, 1.54) is 6.92 Å². The van der Waals surface area contributed by atoms with Gasteiger partial charge in [0.25, 0.3) is 0 Å². The monoisotopic (exact) mass is 494 g/mol. The minimum Gasteiger partial charge on any atom is -0.550 e. The molecule has 0 unspecified atom stereocenters. The van der Waals surface area contributed by atoms with E-state index >= 15 is 0 Å². The van der Waals surface area contributed by atoms with Crippen molar-refractivity contribution in [1.82, 2.24) is 0 Å². The number of carbonyl (C=O) groups excluding carboxylic acids is 2. The van der Waals surface area contributed by atoms with Gasteiger partial charge in [-0.2, -0.15) is 0 Å². The van der Waals surface area contributed by atoms with Gasteiger partial charge < -0.3 is 14.6 Å². The molecule has 0 aliphatic carbocycles. The van der Waals surface area contributed by atoms with Gasteiger partial charge >= 0.3 is 35.5 Å². The van der Waals surface area contributed by atoms with Crippen LogP contribution in [0.5, 0.6) is 0 Å². The van der Waals surface area contributed by atoms with Crippen LogP contribution in [0, 0.1) is 0 Å². The molecule has 0 spiro atoms. The third-order valence-corrected chi connectivity index (χ3v) is 11.4. The molecule has 0 radical (unpaired) electrons. The Labute approximate surface area is 219 Å². The quantitative estimate of drug-likeness (QED) is 0.170. The summed E-state index contributed by atoms with van der Waals surface area (Å²) in [5.41, 5.74) is 11.8. The van der Waals surface area contributed by atoms with E-state index in [9.17, 15) is 4.79 Å². The Hall–Kier alpha value is -0.896. The van der Waals surface area contributed by atoms with Crippen molar-refractivity contribution in [2.24, 2.45) is 0 Å². The van der Waals surface area contributed by atoms with Crippen LogP contribution in [-0.2, 0) is 14.3 Å². The molecule has 31 heavy (non-hydrogen) atoms. The standard InChI is InChI=1S/C11H18O2Si.C9H15ClSi.C2H4O2.CH4.Na/c1-5-14(6-2,7-3)10-8-9-13-11(4)12;1-4-11(5-2,6-3)9-7-8-10;1-2(3)4;;/h5-7H,1-3,8-10H2,4H3;4-6H,1-3,7-9H2;1H3,(H,3,4);1H4;/q;;;;+1/p-1. The van der Waals surface area contributed by atoms with Crippen molar-refractivity contribution in [3.8, 4) is 0 Å². The van der Waals surface area contributed by atoms with E-state index in [0.29, 0.717) is 12.5 Å². The van der Waals surface area contributed by atoms with Gasteiger partial charge in [0, 0.05) is 18.8 Å². The molecule has 0 N–H and O–H groups in total. The fourth-order valence-electron chi connectivity index (χ4n) is 2.08. The first-order chi connectivity index (χ1) is 13.6. The second kappa shape index (κ2) is 25.4. The molecule has 8 heteroatoms. The zero-order valence-electron chi connectivity index (χ0n) is 19.0. The molecule has 0 aromatic heterocycles. The maximum Gasteiger partial charge on any atom is 1.00 e. The molecule has 172 valence electrons. The number of carboxylic acids is 1. The minimum absolute atomic E-state index is 0. The van der Waals surface area contributed by atoms with E-state index in [-0.39, 0.29) is 43.0 Å². The number of alkyl halides is 1. The van der Waals surface area contributed by atoms with E-state index in [0.717, 1.165) is 31.9 Å². The van der Waals surface area contributed by atoms with Crippen LogP contribution in [0.15, 0.2) is 73.7 Å². The van der Waals surface area contributed by atoms with Crippen LogP contribution in [0.3, 0.4) is 0 Å². The molecule has 0 atom stereocenters. The average molecular weight is 495 g/mol. The summed E-state index contributed by atoms with van der Waals surface area (Å²) in [5.74, 6) is -0.599. The van der Waals surface area contributed by atoms with Crippen LogP contribution >= 0.6 is 11.6 Å². The van der Waals surface area contributed by atoms with Crippen LogP contribution in [0.4, 0.5) is 0 Å². The Bertz CT molecular complexity index is 518. The van der Waals surface area contributed by atoms with Crippen molar-refractivity contribution >= 4 is 39.7 Å². The number of hydrogen-bond donors (Lipinski definition) is 0. The predicted octanol–water partition coefficient (Wildman–Crippen LogP) is 2.20. The van der Waals surface area contributed by atoms with Gasteiger partial charge in [0.2, 0.25) is 0 Å². The third-order valence-electron chi connectivity index (χ3n) is 4.08. The van der Waals surface area contributed by atoms with Crippen molar-refractivity contribution in [2.45, 2.75) is 46.2 Å². The molecule has 0 heterocycles. The van der Waals surface area contributed by atoms with Gasteiger partial charge in [-0.15, -0.1) is 51.1 Å². The maximum absolute atomic E-state index is 10.5. The average Bonchev–Trinajstić information content (AvgIpc) is 2.70. The smallest absolute Gasteiger partial charge is 0.550 e. The van der Waals surface area contributed by atoms with Crippen LogP contribution < -0.4 is 34.7 Å². The molecule has 0 amide bonds. The van der Waals surface area contributed by atoms with Gasteiger partial charge in [0.05, 0.1) is 6.61 Å². The second-order valence-corrected chi connectivity index (χ2v) is 14.5. The van der Waals surface area contributed by atoms with Crippen LogP contribution in [0.25, 0.3) is 0 Å². The van der Waals surface area contributed by atoms with Gasteiger partial charge in [0.1, 0.15) is 16.1 Å². The number of rotatable bonds is 13. The van der Waals surface area contributed by atoms with Crippen LogP contribution in [0.2, 0.25) is 12.1 Å². The number of hydrogen-bond acceptors (Lipinski definition) is 4. The van der Waals surface area contributed by atoms with E-state index in [4.69, 9.17) is 26.2 Å². The molecule has 0 saturated carbocycles. The second-order valence-electron chi connectivity index (χ2n) is 6.18. The van der Waals surface area contributed by atoms with Crippen molar-refractivity contribution in [1.29, 1.82) is 0 Å². The number of ether oxygens (including phenoxy) is 1. The largest absolute Gasteiger partial charge is 1.00 e. The summed E-state index contributed by atoms with van der Waals surface area (Å²) in [7, 11) is -3.22. The van der Waals surface area contributed by atoms with E-state index in [1.807, 2.05) is 34.2 Å². The molecule has 0 bridgehead atoms. The van der Waals surface area contributed by atoms with Crippen molar-refractivity contribution in [2.75, 3.05) is 12.5 Å². The molecule has 0 aromatic carbocycles. The number of aliphatic carboxylic acids is 1. The van der Waals surface area contributed by atoms with Crippen LogP contribution in [0.1, 0.15) is 34.1 Å². The Kier molecular flexibility index (Phi) is 33.1. The summed E-state index contributed by atoms with van der Waals surface area (Å²) in [5, 5.41) is 8.89. The summed E-state index contributed by atoms with van der Waals surface area (Å²) in [6, 6.07) is 2.05. The van der Waals surface area contributed by atoms with Gasteiger partial charge in [-0.1, -0.05) is 41.6 Å². The number of carbonyl (C=O) groups is 2. The number of carboxylic acid groups (broad SMARTS) is 1. The van der Waals surface area contributed by atoms with Gasteiger partial charge in [0.15, 0.2) is 0 Å². The molecule has 0 aliphatic heterocycles. The predicted molar refractivity (Wildman–Crippen MR) is 136 cm³/mol. The van der Waals surface area contributed by atoms with E-state index in [1.54, 1.807) is 0 Å². The number of halogens is 1. The zero-order valence-corrected chi connectivity index (χ0v) is 23.7. The number of esters is 1. The minimum atomic E-state index is -1.69. The Balaban J connectivity index is -0.000000119. The molecular weight excluding hydrogens is 455 g/mol. The normalized spacial score (nSPS) is 9.26. The Morgan fingerprint density at radius 3 is 1.35 bits per heavy atom. The summed E-state index contributed by atoms with van der Waals surface area (Å²) in [4.78, 5) is 19.4. The first-order valence-corrected chi connectivity index (χ1v) is 14.7. The van der Waals surface area contributed by atoms with Crippen molar-refractivity contribution in [3.05, 3.63) is 73.7 Å². The Morgan fingerprint density at radius 1 is 0.839 bits per heavy atom. The summed E-state index contributed by atoms with van der Waals surface area (Å²) in [6.45, 7) is 25.7. The fraction of sp³-hybridized carbons (Fsp3) is 0.391. The molecule has 0 aromatic rings. The molecule has 0 fully saturated rings. The maximum atomic E-state index is 10.5. The molecule has 4 nitrogen and oxygen atoms in total. The summed E-state index contributed by atoms with van der Waals surface area (Å²) >= 11 is 5.60. The van der Waals surface area contributed by atoms with Crippen LogP contribution in [-0.4, -0.2) is 40.6 Å². The third kappa shape index (κ3) is 23.6. The summed E-state index contributed by atoms with van der Waals surface area (Å²) in [6.07, 6.45) is 1.87. The zero-order chi connectivity index (χ0) is 23.3. The topological polar surface area (TPSA) is 66.4 Å².